The summed E-state index contributed by atoms with van der Waals surface area (Å²) in [6, 6.07) is 7.28. The first-order valence-corrected chi connectivity index (χ1v) is 4.06. The molecule has 0 N–H and O–H groups in total. The first-order chi connectivity index (χ1) is 6.72. The average molecular weight is 197 g/mol. The largest absolute Gasteiger partial charge is 0.380 e. The molecule has 14 heavy (non-hydrogen) atoms. The number of hydrogen-bond donors (Lipinski definition) is 0. The molecule has 0 saturated heterocycles. The van der Waals surface area contributed by atoms with Crippen molar-refractivity contribution >= 4 is 0 Å². The number of benzene rings is 1. The van der Waals surface area contributed by atoms with Gasteiger partial charge in [-0.3, -0.25) is 0 Å². The van der Waals surface area contributed by atoms with Gasteiger partial charge in [-0.25, -0.2) is 0 Å². The highest BCUT2D eigenvalue weighted by molar-refractivity contribution is 5.22. The molecule has 0 aliphatic heterocycles. The molecular weight excluding hydrogens is 186 g/mol. The van der Waals surface area contributed by atoms with Crippen molar-refractivity contribution in [3.63, 3.8) is 0 Å². The van der Waals surface area contributed by atoms with Crippen molar-refractivity contribution in [3.05, 3.63) is 45.5 Å². The minimum atomic E-state index is -0.803. The maximum Gasteiger partial charge on any atom is 0.294 e. The Morgan fingerprint density at radius 1 is 1.36 bits per heavy atom. The van der Waals surface area contributed by atoms with Gasteiger partial charge in [0.2, 0.25) is 0 Å². The Morgan fingerprint density at radius 2 is 2.00 bits per heavy atom. The summed E-state index contributed by atoms with van der Waals surface area (Å²) in [5.74, 6) is 0. The number of nitrogens with zero attached hydrogens (tertiary/aromatic N) is 1. The van der Waals surface area contributed by atoms with Gasteiger partial charge >= 0.3 is 0 Å². The van der Waals surface area contributed by atoms with Gasteiger partial charge in [-0.2, -0.15) is 0 Å². The molecule has 0 bridgehead atoms. The fourth-order valence-electron chi connectivity index (χ4n) is 1.10. The van der Waals surface area contributed by atoms with Crippen LogP contribution in [0.25, 0.3) is 0 Å². The summed E-state index contributed by atoms with van der Waals surface area (Å²) in [5.41, 5.74) is 1.73. The molecule has 0 amide bonds. The van der Waals surface area contributed by atoms with Crippen LogP contribution >= 0.6 is 0 Å². The highest BCUT2D eigenvalue weighted by Crippen LogP contribution is 2.07. The summed E-state index contributed by atoms with van der Waals surface area (Å²) in [6.45, 7) is 0.469. The minimum Gasteiger partial charge on any atom is -0.380 e. The van der Waals surface area contributed by atoms with Crippen LogP contribution in [0.5, 0.6) is 0 Å². The molecular formula is C9H11NO4. The van der Waals surface area contributed by atoms with E-state index in [1.54, 1.807) is 13.2 Å². The highest BCUT2D eigenvalue weighted by Gasteiger charge is 1.98. The van der Waals surface area contributed by atoms with Crippen LogP contribution in [0, 0.1) is 10.1 Å². The molecule has 0 radical (unpaired) electrons. The van der Waals surface area contributed by atoms with E-state index in [-0.39, 0.29) is 6.61 Å². The molecule has 76 valence electrons. The first kappa shape index (κ1) is 10.5. The Bertz CT molecular complexity index is 313. The lowest BCUT2D eigenvalue weighted by Gasteiger charge is -2.03. The molecule has 5 heteroatoms. The zero-order valence-electron chi connectivity index (χ0n) is 7.80. The molecule has 0 saturated carbocycles. The molecule has 1 rings (SSSR count). The average Bonchev–Trinajstić information content (AvgIpc) is 2.16. The van der Waals surface area contributed by atoms with Crippen molar-refractivity contribution in [3.8, 4) is 0 Å². The quantitative estimate of drug-likeness (QED) is 0.530. The summed E-state index contributed by atoms with van der Waals surface area (Å²) in [4.78, 5) is 14.2. The van der Waals surface area contributed by atoms with Gasteiger partial charge in [-0.15, -0.1) is 10.1 Å². The molecule has 0 aliphatic rings. The monoisotopic (exact) mass is 197 g/mol. The van der Waals surface area contributed by atoms with Crippen molar-refractivity contribution in [2.75, 3.05) is 7.11 Å². The lowest BCUT2D eigenvalue weighted by atomic mass is 10.1. The lowest BCUT2D eigenvalue weighted by Crippen LogP contribution is -2.01. The van der Waals surface area contributed by atoms with E-state index in [1.807, 2.05) is 18.2 Å². The Kier molecular flexibility index (Phi) is 3.87. The zero-order chi connectivity index (χ0) is 10.4. The van der Waals surface area contributed by atoms with Crippen LogP contribution in [0.15, 0.2) is 24.3 Å². The minimum absolute atomic E-state index is 0.0233. The number of hydrogen-bond acceptors (Lipinski definition) is 4. The number of rotatable bonds is 5. The predicted molar refractivity (Wildman–Crippen MR) is 48.9 cm³/mol. The molecule has 0 fully saturated rings. The maximum absolute atomic E-state index is 9.94. The summed E-state index contributed by atoms with van der Waals surface area (Å²) in [6.07, 6.45) is 0. The number of ether oxygens (including phenoxy) is 1. The van der Waals surface area contributed by atoms with E-state index in [0.29, 0.717) is 6.61 Å². The lowest BCUT2D eigenvalue weighted by molar-refractivity contribution is -0.763. The van der Waals surface area contributed by atoms with Crippen molar-refractivity contribution in [1.82, 2.24) is 0 Å². The first-order valence-electron chi connectivity index (χ1n) is 4.06. The van der Waals surface area contributed by atoms with E-state index in [1.165, 1.54) is 0 Å². The van der Waals surface area contributed by atoms with Crippen LogP contribution < -0.4 is 0 Å². The Balaban J connectivity index is 2.58. The second-order valence-corrected chi connectivity index (χ2v) is 2.75. The third kappa shape index (κ3) is 3.40. The summed E-state index contributed by atoms with van der Waals surface area (Å²) in [5, 5.41) is 9.14. The molecule has 0 atom stereocenters. The van der Waals surface area contributed by atoms with Gasteiger partial charge in [0.1, 0.15) is 6.61 Å². The van der Waals surface area contributed by atoms with Gasteiger partial charge < -0.3 is 9.57 Å². The van der Waals surface area contributed by atoms with Gasteiger partial charge in [-0.05, 0) is 11.1 Å². The Hall–Kier alpha value is -1.62. The normalized spacial score (nSPS) is 9.79. The number of methoxy groups -OCH3 is 1. The van der Waals surface area contributed by atoms with E-state index < -0.39 is 5.09 Å². The van der Waals surface area contributed by atoms with Crippen LogP contribution in [0.3, 0.4) is 0 Å². The van der Waals surface area contributed by atoms with Crippen molar-refractivity contribution in [2.45, 2.75) is 13.2 Å². The fourth-order valence-corrected chi connectivity index (χ4v) is 1.10. The molecule has 0 aromatic heterocycles. The van der Waals surface area contributed by atoms with Crippen molar-refractivity contribution in [2.24, 2.45) is 0 Å². The van der Waals surface area contributed by atoms with Gasteiger partial charge in [0.25, 0.3) is 5.09 Å². The third-order valence-electron chi connectivity index (χ3n) is 1.64. The third-order valence-corrected chi connectivity index (χ3v) is 1.64. The van der Waals surface area contributed by atoms with Gasteiger partial charge in [0, 0.05) is 7.11 Å². The molecule has 0 spiro atoms. The molecule has 0 aliphatic carbocycles. The van der Waals surface area contributed by atoms with Crippen molar-refractivity contribution < 1.29 is 14.7 Å². The Labute approximate surface area is 81.4 Å². The van der Waals surface area contributed by atoms with Crippen LogP contribution in [-0.2, 0) is 22.8 Å². The van der Waals surface area contributed by atoms with Gasteiger partial charge in [0.15, 0.2) is 0 Å². The maximum atomic E-state index is 9.94. The van der Waals surface area contributed by atoms with E-state index in [0.717, 1.165) is 11.1 Å². The predicted octanol–water partition coefficient (Wildman–Crippen LogP) is 1.54. The van der Waals surface area contributed by atoms with E-state index >= 15 is 0 Å². The molecule has 0 heterocycles. The topological polar surface area (TPSA) is 61.6 Å². The molecule has 0 unspecified atom stereocenters. The SMILES string of the molecule is COCc1cccc(CO[N+](=O)[O-])c1. The van der Waals surface area contributed by atoms with Gasteiger partial charge in [-0.1, -0.05) is 24.3 Å². The molecule has 1 aromatic carbocycles. The zero-order valence-corrected chi connectivity index (χ0v) is 7.80. The molecule has 5 nitrogen and oxygen atoms in total. The Morgan fingerprint density at radius 3 is 2.57 bits per heavy atom. The van der Waals surface area contributed by atoms with Crippen LogP contribution in [-0.4, -0.2) is 12.2 Å². The van der Waals surface area contributed by atoms with E-state index in [2.05, 4.69) is 4.84 Å². The van der Waals surface area contributed by atoms with Gasteiger partial charge in [0.05, 0.1) is 6.61 Å². The van der Waals surface area contributed by atoms with Crippen LogP contribution in [0.4, 0.5) is 0 Å². The van der Waals surface area contributed by atoms with E-state index in [4.69, 9.17) is 4.74 Å². The standard InChI is InChI=1S/C9H11NO4/c1-13-6-8-3-2-4-9(5-8)7-14-10(11)12/h2-5H,6-7H2,1H3. The fraction of sp³-hybridized carbons (Fsp3) is 0.333. The summed E-state index contributed by atoms with van der Waals surface area (Å²) in [7, 11) is 1.60. The van der Waals surface area contributed by atoms with Crippen molar-refractivity contribution in [1.29, 1.82) is 0 Å². The highest BCUT2D eigenvalue weighted by atomic mass is 16.9. The second-order valence-electron chi connectivity index (χ2n) is 2.75. The molecule has 1 aromatic rings. The smallest absolute Gasteiger partial charge is 0.294 e. The van der Waals surface area contributed by atoms with E-state index in [9.17, 15) is 10.1 Å². The second kappa shape index (κ2) is 5.18. The summed E-state index contributed by atoms with van der Waals surface area (Å²) >= 11 is 0. The van der Waals surface area contributed by atoms with Crippen LogP contribution in [0.2, 0.25) is 0 Å². The summed E-state index contributed by atoms with van der Waals surface area (Å²) < 4.78 is 4.93. The van der Waals surface area contributed by atoms with Crippen LogP contribution in [0.1, 0.15) is 11.1 Å².